The molecular weight excluding hydrogens is 367 g/mol. The van der Waals surface area contributed by atoms with Crippen LogP contribution in [-0.4, -0.2) is 21.9 Å². The molecule has 0 saturated heterocycles. The molecule has 1 N–H and O–H groups in total. The van der Waals surface area contributed by atoms with Crippen molar-refractivity contribution in [1.82, 2.24) is 15.1 Å². The molecular formula is C21H22F3N3O. The molecule has 0 aliphatic heterocycles. The van der Waals surface area contributed by atoms with E-state index in [1.54, 1.807) is 35.1 Å². The van der Waals surface area contributed by atoms with E-state index in [9.17, 15) is 18.0 Å². The zero-order valence-electron chi connectivity index (χ0n) is 16.1. The van der Waals surface area contributed by atoms with Crippen LogP contribution in [0.4, 0.5) is 13.2 Å². The number of aromatic nitrogens is 2. The summed E-state index contributed by atoms with van der Waals surface area (Å²) in [6.07, 6.45) is -2.56. The van der Waals surface area contributed by atoms with E-state index in [0.29, 0.717) is 10.9 Å². The first kappa shape index (κ1) is 19.9. The lowest BCUT2D eigenvalue weighted by atomic mass is 9.96. The summed E-state index contributed by atoms with van der Waals surface area (Å²) >= 11 is 0. The molecule has 4 nitrogen and oxygen atoms in total. The van der Waals surface area contributed by atoms with Crippen LogP contribution in [-0.2, 0) is 7.05 Å². The third-order valence-corrected chi connectivity index (χ3v) is 5.20. The minimum absolute atomic E-state index is 0.206. The topological polar surface area (TPSA) is 46.9 Å². The standard InChI is InChI=1S/C21H22F3N3O/c1-12(21(22,23)24)15-5-6-17-10-18(8-7-16(17)9-15)20(28)26-13(2)19-11-25-27(4)14(19)3/h5-13H,1-4H3,(H,26,28)/t12?,13-/m1/s1. The lowest BCUT2D eigenvalue weighted by Crippen LogP contribution is -2.26. The SMILES string of the molecule is Cc1c([C@@H](C)NC(=O)c2ccc3cc(C(C)C(F)(F)F)ccc3c2)cnn1C. The number of aryl methyl sites for hydroxylation is 1. The van der Waals surface area contributed by atoms with Crippen molar-refractivity contribution in [3.63, 3.8) is 0 Å². The van der Waals surface area contributed by atoms with Crippen LogP contribution >= 0.6 is 0 Å². The van der Waals surface area contributed by atoms with Gasteiger partial charge in [0.1, 0.15) is 0 Å². The van der Waals surface area contributed by atoms with Gasteiger partial charge in [0.25, 0.3) is 5.91 Å². The third kappa shape index (κ3) is 3.88. The van der Waals surface area contributed by atoms with Crippen LogP contribution in [0.2, 0.25) is 0 Å². The second-order valence-electron chi connectivity index (χ2n) is 7.09. The van der Waals surface area contributed by atoms with E-state index in [1.165, 1.54) is 12.1 Å². The molecule has 0 aliphatic carbocycles. The van der Waals surface area contributed by atoms with Gasteiger partial charge in [-0.05, 0) is 49.2 Å². The van der Waals surface area contributed by atoms with Crippen LogP contribution in [0.5, 0.6) is 0 Å². The lowest BCUT2D eigenvalue weighted by molar-refractivity contribution is -0.146. The minimum atomic E-state index is -4.28. The van der Waals surface area contributed by atoms with Crippen molar-refractivity contribution in [2.24, 2.45) is 7.05 Å². The number of benzene rings is 2. The number of hydrogen-bond donors (Lipinski definition) is 1. The molecule has 28 heavy (non-hydrogen) atoms. The van der Waals surface area contributed by atoms with Crippen molar-refractivity contribution >= 4 is 16.7 Å². The average Bonchev–Trinajstić information content (AvgIpc) is 2.98. The normalized spacial score (nSPS) is 14.1. The first-order chi connectivity index (χ1) is 13.1. The Hall–Kier alpha value is -2.83. The maximum Gasteiger partial charge on any atom is 0.395 e. The monoisotopic (exact) mass is 389 g/mol. The van der Waals surface area contributed by atoms with Gasteiger partial charge in [-0.2, -0.15) is 18.3 Å². The van der Waals surface area contributed by atoms with E-state index in [0.717, 1.165) is 23.6 Å². The number of carbonyl (C=O) groups is 1. The van der Waals surface area contributed by atoms with E-state index < -0.39 is 12.1 Å². The molecule has 0 bridgehead atoms. The van der Waals surface area contributed by atoms with Crippen LogP contribution < -0.4 is 5.32 Å². The number of halogens is 3. The van der Waals surface area contributed by atoms with Crippen LogP contribution in [0.25, 0.3) is 10.8 Å². The number of rotatable bonds is 4. The lowest BCUT2D eigenvalue weighted by Gasteiger charge is -2.17. The van der Waals surface area contributed by atoms with E-state index in [4.69, 9.17) is 0 Å². The van der Waals surface area contributed by atoms with Crippen molar-refractivity contribution in [1.29, 1.82) is 0 Å². The number of nitrogens with one attached hydrogen (secondary N) is 1. The number of carbonyl (C=O) groups excluding carboxylic acids is 1. The van der Waals surface area contributed by atoms with E-state index in [-0.39, 0.29) is 17.5 Å². The maximum atomic E-state index is 12.9. The Morgan fingerprint density at radius 1 is 1.11 bits per heavy atom. The van der Waals surface area contributed by atoms with Crippen LogP contribution in [0.1, 0.15) is 53.0 Å². The van der Waals surface area contributed by atoms with Gasteiger partial charge in [0.2, 0.25) is 0 Å². The van der Waals surface area contributed by atoms with Crippen molar-refractivity contribution in [3.05, 3.63) is 65.0 Å². The summed E-state index contributed by atoms with van der Waals surface area (Å²) in [7, 11) is 1.84. The van der Waals surface area contributed by atoms with Crippen LogP contribution in [0.3, 0.4) is 0 Å². The zero-order valence-corrected chi connectivity index (χ0v) is 16.1. The molecule has 7 heteroatoms. The molecule has 0 spiro atoms. The Labute approximate surface area is 161 Å². The van der Waals surface area contributed by atoms with Crippen LogP contribution in [0, 0.1) is 6.92 Å². The van der Waals surface area contributed by atoms with Crippen molar-refractivity contribution in [2.45, 2.75) is 38.9 Å². The molecule has 0 radical (unpaired) electrons. The van der Waals surface area contributed by atoms with Gasteiger partial charge < -0.3 is 5.32 Å². The quantitative estimate of drug-likeness (QED) is 0.680. The molecule has 148 valence electrons. The summed E-state index contributed by atoms with van der Waals surface area (Å²) in [5, 5.41) is 8.51. The van der Waals surface area contributed by atoms with Gasteiger partial charge in [0, 0.05) is 23.9 Å². The highest BCUT2D eigenvalue weighted by molar-refractivity contribution is 5.98. The molecule has 1 amide bonds. The Bertz CT molecular complexity index is 1020. The van der Waals surface area contributed by atoms with Crippen molar-refractivity contribution < 1.29 is 18.0 Å². The fourth-order valence-corrected chi connectivity index (χ4v) is 3.16. The fourth-order valence-electron chi connectivity index (χ4n) is 3.16. The summed E-state index contributed by atoms with van der Waals surface area (Å²) in [5.41, 5.74) is 2.57. The number of nitrogens with zero attached hydrogens (tertiary/aromatic N) is 2. The number of amides is 1. The van der Waals surface area contributed by atoms with E-state index in [2.05, 4.69) is 10.4 Å². The van der Waals surface area contributed by atoms with Gasteiger partial charge in [-0.1, -0.05) is 24.3 Å². The predicted octanol–water partition coefficient (Wildman–Crippen LogP) is 5.04. The number of alkyl halides is 3. The van der Waals surface area contributed by atoms with Gasteiger partial charge in [0.15, 0.2) is 0 Å². The first-order valence-electron chi connectivity index (χ1n) is 8.97. The molecule has 0 fully saturated rings. The molecule has 2 atom stereocenters. The molecule has 3 rings (SSSR count). The third-order valence-electron chi connectivity index (χ3n) is 5.20. The maximum absolute atomic E-state index is 12.9. The molecule has 1 heterocycles. The molecule has 0 saturated carbocycles. The Kier molecular flexibility index (Phi) is 5.19. The van der Waals surface area contributed by atoms with E-state index in [1.807, 2.05) is 20.9 Å². The molecule has 1 aromatic heterocycles. The van der Waals surface area contributed by atoms with Gasteiger partial charge in [0.05, 0.1) is 18.2 Å². The van der Waals surface area contributed by atoms with Gasteiger partial charge >= 0.3 is 6.18 Å². The number of hydrogen-bond acceptors (Lipinski definition) is 2. The summed E-state index contributed by atoms with van der Waals surface area (Å²) in [4.78, 5) is 12.6. The highest BCUT2D eigenvalue weighted by Crippen LogP contribution is 2.35. The highest BCUT2D eigenvalue weighted by atomic mass is 19.4. The smallest absolute Gasteiger partial charge is 0.345 e. The number of fused-ring (bicyclic) bond motifs is 1. The zero-order chi connectivity index (χ0) is 20.6. The van der Waals surface area contributed by atoms with Crippen molar-refractivity contribution in [3.8, 4) is 0 Å². The Morgan fingerprint density at radius 3 is 2.36 bits per heavy atom. The summed E-state index contributed by atoms with van der Waals surface area (Å²) in [6.45, 7) is 4.96. The second-order valence-corrected chi connectivity index (χ2v) is 7.09. The Morgan fingerprint density at radius 2 is 1.75 bits per heavy atom. The van der Waals surface area contributed by atoms with Crippen molar-refractivity contribution in [2.75, 3.05) is 0 Å². The fraction of sp³-hybridized carbons (Fsp3) is 0.333. The molecule has 2 aromatic carbocycles. The first-order valence-corrected chi connectivity index (χ1v) is 8.97. The summed E-state index contributed by atoms with van der Waals surface area (Å²) in [5.74, 6) is -1.78. The van der Waals surface area contributed by atoms with Gasteiger partial charge in [-0.25, -0.2) is 0 Å². The van der Waals surface area contributed by atoms with Gasteiger partial charge in [-0.15, -0.1) is 0 Å². The molecule has 0 aliphatic rings. The largest absolute Gasteiger partial charge is 0.395 e. The van der Waals surface area contributed by atoms with E-state index >= 15 is 0 Å². The average molecular weight is 389 g/mol. The Balaban J connectivity index is 1.82. The van der Waals surface area contributed by atoms with Crippen LogP contribution in [0.15, 0.2) is 42.6 Å². The molecule has 3 aromatic rings. The van der Waals surface area contributed by atoms with Gasteiger partial charge in [-0.3, -0.25) is 9.48 Å². The minimum Gasteiger partial charge on any atom is -0.345 e. The summed E-state index contributed by atoms with van der Waals surface area (Å²) < 4.78 is 40.6. The molecule has 1 unspecified atom stereocenters. The summed E-state index contributed by atoms with van der Waals surface area (Å²) in [6, 6.07) is 9.39. The predicted molar refractivity (Wildman–Crippen MR) is 102 cm³/mol. The second kappa shape index (κ2) is 7.30. The highest BCUT2D eigenvalue weighted by Gasteiger charge is 2.36.